The smallest absolute Gasteiger partial charge is 0.136 e. The van der Waals surface area contributed by atoms with Gasteiger partial charge >= 0.3 is 0 Å². The molecule has 0 N–H and O–H groups in total. The third kappa shape index (κ3) is 0.512. The normalized spacial score (nSPS) is 56.4. The molecule has 1 spiro atoms. The van der Waals surface area contributed by atoms with Crippen LogP contribution in [0.25, 0.3) is 0 Å². The Labute approximate surface area is 73.5 Å². The van der Waals surface area contributed by atoms with E-state index in [-0.39, 0.29) is 0 Å². The van der Waals surface area contributed by atoms with Gasteiger partial charge in [-0.05, 0) is 36.5 Å². The second-order valence-corrected chi connectivity index (χ2v) is 5.29. The molecular weight excluding hydrogens is 148 g/mol. The minimum absolute atomic E-state index is 0.491. The molecule has 0 aromatic carbocycles. The molecule has 3 atom stereocenters. The number of hydrogen-bond acceptors (Lipinski definition) is 1. The van der Waals surface area contributed by atoms with Gasteiger partial charge in [-0.1, -0.05) is 13.3 Å². The SMILES string of the molecule is CC12CCCC13CCC(=O)C3C2. The molecule has 3 rings (SSSR count). The van der Waals surface area contributed by atoms with Crippen LogP contribution in [-0.4, -0.2) is 5.78 Å². The summed E-state index contributed by atoms with van der Waals surface area (Å²) in [6.45, 7) is 2.41. The number of carbonyl (C=O) groups excluding carboxylic acids is 1. The van der Waals surface area contributed by atoms with Crippen molar-refractivity contribution >= 4 is 5.78 Å². The molecule has 0 aromatic rings. The van der Waals surface area contributed by atoms with Gasteiger partial charge in [-0.25, -0.2) is 0 Å². The average molecular weight is 164 g/mol. The van der Waals surface area contributed by atoms with Crippen molar-refractivity contribution in [1.29, 1.82) is 0 Å². The van der Waals surface area contributed by atoms with Crippen molar-refractivity contribution in [2.24, 2.45) is 16.7 Å². The summed E-state index contributed by atoms with van der Waals surface area (Å²) in [5.74, 6) is 1.07. The molecule has 3 aliphatic rings. The van der Waals surface area contributed by atoms with Crippen LogP contribution in [0, 0.1) is 16.7 Å². The quantitative estimate of drug-likeness (QED) is 0.537. The van der Waals surface area contributed by atoms with Gasteiger partial charge in [0.15, 0.2) is 0 Å². The summed E-state index contributed by atoms with van der Waals surface area (Å²) in [5.41, 5.74) is 1.08. The number of ketones is 1. The minimum Gasteiger partial charge on any atom is -0.299 e. The maximum Gasteiger partial charge on any atom is 0.136 e. The van der Waals surface area contributed by atoms with Crippen LogP contribution in [-0.2, 0) is 4.79 Å². The summed E-state index contributed by atoms with van der Waals surface area (Å²) in [6, 6.07) is 0. The Kier molecular flexibility index (Phi) is 1.06. The van der Waals surface area contributed by atoms with Crippen molar-refractivity contribution < 1.29 is 4.79 Å². The summed E-state index contributed by atoms with van der Waals surface area (Å²) in [4.78, 5) is 11.5. The fraction of sp³-hybridized carbons (Fsp3) is 0.909. The summed E-state index contributed by atoms with van der Waals surface area (Å²) < 4.78 is 0. The molecule has 3 unspecified atom stereocenters. The highest BCUT2D eigenvalue weighted by molar-refractivity contribution is 5.86. The molecule has 0 saturated heterocycles. The maximum absolute atomic E-state index is 11.5. The van der Waals surface area contributed by atoms with Crippen LogP contribution in [0.15, 0.2) is 0 Å². The number of carbonyl (C=O) groups is 1. The Morgan fingerprint density at radius 3 is 2.83 bits per heavy atom. The van der Waals surface area contributed by atoms with Gasteiger partial charge < -0.3 is 0 Å². The van der Waals surface area contributed by atoms with Gasteiger partial charge in [-0.15, -0.1) is 0 Å². The Balaban J connectivity index is 2.03. The highest BCUT2D eigenvalue weighted by Gasteiger charge is 2.68. The van der Waals surface area contributed by atoms with Gasteiger partial charge in [0.05, 0.1) is 0 Å². The molecule has 1 nitrogen and oxygen atoms in total. The average Bonchev–Trinajstić information content (AvgIpc) is 2.41. The summed E-state index contributed by atoms with van der Waals surface area (Å²) in [5, 5.41) is 0. The van der Waals surface area contributed by atoms with E-state index in [0.717, 1.165) is 6.42 Å². The molecule has 12 heavy (non-hydrogen) atoms. The Morgan fingerprint density at radius 2 is 2.17 bits per heavy atom. The van der Waals surface area contributed by atoms with Crippen molar-refractivity contribution in [3.63, 3.8) is 0 Å². The Hall–Kier alpha value is -0.330. The zero-order valence-corrected chi connectivity index (χ0v) is 7.73. The molecule has 3 fully saturated rings. The third-order valence-electron chi connectivity index (χ3n) is 5.08. The van der Waals surface area contributed by atoms with Crippen LogP contribution in [0.3, 0.4) is 0 Å². The lowest BCUT2D eigenvalue weighted by atomic mass is 9.47. The van der Waals surface area contributed by atoms with Crippen molar-refractivity contribution in [2.75, 3.05) is 0 Å². The monoisotopic (exact) mass is 164 g/mol. The van der Waals surface area contributed by atoms with Crippen molar-refractivity contribution in [3.05, 3.63) is 0 Å². The fourth-order valence-corrected chi connectivity index (χ4v) is 4.30. The van der Waals surface area contributed by atoms with E-state index in [2.05, 4.69) is 6.92 Å². The van der Waals surface area contributed by atoms with Crippen LogP contribution < -0.4 is 0 Å². The molecule has 0 aliphatic heterocycles. The summed E-state index contributed by atoms with van der Waals surface area (Å²) in [7, 11) is 0. The molecule has 0 radical (unpaired) electrons. The lowest BCUT2D eigenvalue weighted by Crippen LogP contribution is -2.52. The number of rotatable bonds is 0. The molecule has 0 bridgehead atoms. The highest BCUT2D eigenvalue weighted by Crippen LogP contribution is 2.74. The van der Waals surface area contributed by atoms with Crippen LogP contribution in [0.4, 0.5) is 0 Å². The van der Waals surface area contributed by atoms with Crippen LogP contribution in [0.5, 0.6) is 0 Å². The standard InChI is InChI=1S/C11H16O/c1-10-4-2-5-11(10)6-3-9(12)8(11)7-10/h8H,2-7H2,1H3. The molecule has 0 aromatic heterocycles. The molecule has 1 heteroatoms. The first-order valence-corrected chi connectivity index (χ1v) is 5.21. The van der Waals surface area contributed by atoms with E-state index in [1.54, 1.807) is 0 Å². The van der Waals surface area contributed by atoms with Gasteiger partial charge in [0.2, 0.25) is 0 Å². The van der Waals surface area contributed by atoms with Crippen molar-refractivity contribution in [2.45, 2.75) is 45.4 Å². The van der Waals surface area contributed by atoms with Crippen molar-refractivity contribution in [3.8, 4) is 0 Å². The van der Waals surface area contributed by atoms with Crippen LogP contribution >= 0.6 is 0 Å². The topological polar surface area (TPSA) is 17.1 Å². The predicted molar refractivity (Wildman–Crippen MR) is 46.7 cm³/mol. The zero-order chi connectivity index (χ0) is 8.40. The van der Waals surface area contributed by atoms with Gasteiger partial charge in [-0.3, -0.25) is 4.79 Å². The minimum atomic E-state index is 0.491. The molecule has 3 aliphatic carbocycles. The van der Waals surface area contributed by atoms with Gasteiger partial charge in [0.25, 0.3) is 0 Å². The van der Waals surface area contributed by atoms with Gasteiger partial charge in [0, 0.05) is 12.3 Å². The molecular formula is C11H16O. The largest absolute Gasteiger partial charge is 0.299 e. The lowest BCUT2D eigenvalue weighted by Gasteiger charge is -2.56. The zero-order valence-electron chi connectivity index (χ0n) is 7.73. The fourth-order valence-electron chi connectivity index (χ4n) is 4.30. The Morgan fingerprint density at radius 1 is 1.33 bits per heavy atom. The molecule has 3 saturated carbocycles. The van der Waals surface area contributed by atoms with E-state index in [4.69, 9.17) is 0 Å². The van der Waals surface area contributed by atoms with E-state index in [1.165, 1.54) is 32.1 Å². The number of hydrogen-bond donors (Lipinski definition) is 0. The summed E-state index contributed by atoms with van der Waals surface area (Å²) >= 11 is 0. The first-order valence-electron chi connectivity index (χ1n) is 5.21. The van der Waals surface area contributed by atoms with Gasteiger partial charge in [-0.2, -0.15) is 0 Å². The van der Waals surface area contributed by atoms with Crippen LogP contribution in [0.1, 0.15) is 45.4 Å². The van der Waals surface area contributed by atoms with E-state index in [0.29, 0.717) is 22.5 Å². The molecule has 0 amide bonds. The maximum atomic E-state index is 11.5. The first kappa shape index (κ1) is 7.11. The van der Waals surface area contributed by atoms with E-state index >= 15 is 0 Å². The second kappa shape index (κ2) is 1.78. The second-order valence-electron chi connectivity index (χ2n) is 5.29. The third-order valence-corrected chi connectivity index (χ3v) is 5.08. The lowest BCUT2D eigenvalue weighted by molar-refractivity contribution is -0.139. The van der Waals surface area contributed by atoms with Gasteiger partial charge in [0.1, 0.15) is 5.78 Å². The molecule has 66 valence electrons. The van der Waals surface area contributed by atoms with E-state index in [9.17, 15) is 4.79 Å². The van der Waals surface area contributed by atoms with Crippen LogP contribution in [0.2, 0.25) is 0 Å². The predicted octanol–water partition coefficient (Wildman–Crippen LogP) is 2.55. The Bertz CT molecular complexity index is 258. The number of Topliss-reactive ketones (excluding diaryl/α,β-unsaturated/α-hetero) is 1. The summed E-state index contributed by atoms with van der Waals surface area (Å²) in [6.07, 6.45) is 7.43. The van der Waals surface area contributed by atoms with Crippen molar-refractivity contribution in [1.82, 2.24) is 0 Å². The highest BCUT2D eigenvalue weighted by atomic mass is 16.1. The van der Waals surface area contributed by atoms with E-state index in [1.807, 2.05) is 0 Å². The van der Waals surface area contributed by atoms with E-state index < -0.39 is 0 Å². The molecule has 0 heterocycles. The first-order chi connectivity index (χ1) is 5.68.